The van der Waals surface area contributed by atoms with Crippen LogP contribution in [0.1, 0.15) is 26.3 Å². The first-order chi connectivity index (χ1) is 15.2. The van der Waals surface area contributed by atoms with Crippen LogP contribution in [0.4, 0.5) is 0 Å². The van der Waals surface area contributed by atoms with Gasteiger partial charge < -0.3 is 22.3 Å². The van der Waals surface area contributed by atoms with Crippen LogP contribution in [0.2, 0.25) is 0 Å². The topological polar surface area (TPSA) is 50.0 Å². The van der Waals surface area contributed by atoms with Gasteiger partial charge in [0, 0.05) is 24.2 Å². The molecule has 3 aromatic carbocycles. The first kappa shape index (κ1) is 23.1. The van der Waals surface area contributed by atoms with Crippen LogP contribution in [-0.4, -0.2) is 11.7 Å². The summed E-state index contributed by atoms with van der Waals surface area (Å²) in [6.45, 7) is 0.697. The Kier molecular flexibility index (Phi) is 8.06. The molecule has 1 N–H and O–H groups in total. The number of nitrogens with one attached hydrogen (secondary N) is 1. The Balaban J connectivity index is 0.00000289. The highest BCUT2D eigenvalue weighted by Gasteiger charge is 2.14. The third-order valence-electron chi connectivity index (χ3n) is 5.09. The van der Waals surface area contributed by atoms with Crippen molar-refractivity contribution in [3.05, 3.63) is 126 Å². The Bertz CT molecular complexity index is 1160. The number of aromatic nitrogens is 1. The zero-order valence-electron chi connectivity index (χ0n) is 17.4. The Labute approximate surface area is 198 Å². The van der Waals surface area contributed by atoms with Gasteiger partial charge in [-0.05, 0) is 16.7 Å². The molecule has 0 aliphatic rings. The SMILES string of the molecule is O=C(C[n+]1ccc(C(=O)NCc2ccccc2)cc1)c1ccc(-c2ccccc2)cc1.[Br-]. The van der Waals surface area contributed by atoms with Crippen LogP contribution in [-0.2, 0) is 13.1 Å². The highest BCUT2D eigenvalue weighted by atomic mass is 79.9. The van der Waals surface area contributed by atoms with E-state index in [1.165, 1.54) is 0 Å². The summed E-state index contributed by atoms with van der Waals surface area (Å²) >= 11 is 0. The second-order valence-corrected chi connectivity index (χ2v) is 7.29. The summed E-state index contributed by atoms with van der Waals surface area (Å²) in [5.74, 6) is -0.121. The lowest BCUT2D eigenvalue weighted by Gasteiger charge is -2.05. The van der Waals surface area contributed by atoms with Crippen molar-refractivity contribution in [2.45, 2.75) is 13.1 Å². The number of hydrogen-bond donors (Lipinski definition) is 1. The maximum atomic E-state index is 12.6. The van der Waals surface area contributed by atoms with Crippen LogP contribution in [0, 0.1) is 0 Å². The number of ketones is 1. The van der Waals surface area contributed by atoms with Crippen molar-refractivity contribution in [3.63, 3.8) is 0 Å². The molecule has 0 unspecified atom stereocenters. The van der Waals surface area contributed by atoms with Crippen LogP contribution in [0.5, 0.6) is 0 Å². The molecule has 0 saturated heterocycles. The summed E-state index contributed by atoms with van der Waals surface area (Å²) < 4.78 is 1.78. The Morgan fingerprint density at radius 3 is 1.84 bits per heavy atom. The third kappa shape index (κ3) is 5.99. The molecule has 4 rings (SSSR count). The van der Waals surface area contributed by atoms with E-state index in [4.69, 9.17) is 0 Å². The molecule has 0 aliphatic heterocycles. The number of carbonyl (C=O) groups excluding carboxylic acids is 2. The number of hydrogen-bond acceptors (Lipinski definition) is 2. The molecule has 1 heterocycles. The van der Waals surface area contributed by atoms with Crippen LogP contribution in [0.25, 0.3) is 11.1 Å². The van der Waals surface area contributed by atoms with E-state index in [0.29, 0.717) is 17.7 Å². The van der Waals surface area contributed by atoms with E-state index < -0.39 is 0 Å². The molecule has 0 aliphatic carbocycles. The summed E-state index contributed by atoms with van der Waals surface area (Å²) in [5.41, 5.74) is 4.47. The smallest absolute Gasteiger partial charge is 0.252 e. The van der Waals surface area contributed by atoms with E-state index in [-0.39, 0.29) is 35.2 Å². The molecule has 0 spiro atoms. The van der Waals surface area contributed by atoms with Crippen molar-refractivity contribution in [2.75, 3.05) is 0 Å². The Hall–Kier alpha value is -3.57. The van der Waals surface area contributed by atoms with Crippen LogP contribution in [0.15, 0.2) is 109 Å². The van der Waals surface area contributed by atoms with Gasteiger partial charge in [0.05, 0.1) is 5.56 Å². The van der Waals surface area contributed by atoms with E-state index in [0.717, 1.165) is 16.7 Å². The van der Waals surface area contributed by atoms with Gasteiger partial charge in [-0.2, -0.15) is 4.57 Å². The average Bonchev–Trinajstić information content (AvgIpc) is 2.84. The second kappa shape index (κ2) is 11.2. The summed E-state index contributed by atoms with van der Waals surface area (Å²) in [5, 5.41) is 2.90. The molecule has 0 atom stereocenters. The van der Waals surface area contributed by atoms with Gasteiger partial charge in [-0.3, -0.25) is 9.59 Å². The minimum absolute atomic E-state index is 0. The predicted octanol–water partition coefficient (Wildman–Crippen LogP) is 1.46. The molecule has 0 radical (unpaired) electrons. The molecule has 32 heavy (non-hydrogen) atoms. The van der Waals surface area contributed by atoms with Gasteiger partial charge in [-0.15, -0.1) is 0 Å². The Morgan fingerprint density at radius 1 is 0.656 bits per heavy atom. The zero-order valence-corrected chi connectivity index (χ0v) is 19.0. The summed E-state index contributed by atoms with van der Waals surface area (Å²) in [4.78, 5) is 25.0. The largest absolute Gasteiger partial charge is 1.00 e. The summed E-state index contributed by atoms with van der Waals surface area (Å²) in [6.07, 6.45) is 3.52. The molecule has 160 valence electrons. The van der Waals surface area contributed by atoms with Crippen LogP contribution >= 0.6 is 0 Å². The number of nitrogens with zero attached hydrogens (tertiary/aromatic N) is 1. The number of amides is 1. The molecule has 4 nitrogen and oxygen atoms in total. The predicted molar refractivity (Wildman–Crippen MR) is 120 cm³/mol. The van der Waals surface area contributed by atoms with Gasteiger partial charge in [-0.25, -0.2) is 0 Å². The van der Waals surface area contributed by atoms with Crippen molar-refractivity contribution < 1.29 is 31.1 Å². The zero-order chi connectivity index (χ0) is 21.5. The van der Waals surface area contributed by atoms with Crippen molar-refractivity contribution in [2.24, 2.45) is 0 Å². The lowest BCUT2D eigenvalue weighted by molar-refractivity contribution is -0.683. The van der Waals surface area contributed by atoms with E-state index in [2.05, 4.69) is 5.32 Å². The molecule has 1 amide bonds. The number of halogens is 1. The van der Waals surface area contributed by atoms with Gasteiger partial charge in [-0.1, -0.05) is 84.9 Å². The van der Waals surface area contributed by atoms with Crippen molar-refractivity contribution >= 4 is 11.7 Å². The van der Waals surface area contributed by atoms with Gasteiger partial charge in [0.1, 0.15) is 0 Å². The molecule has 4 aromatic rings. The van der Waals surface area contributed by atoms with E-state index in [1.807, 2.05) is 84.9 Å². The maximum Gasteiger partial charge on any atom is 0.252 e. The highest BCUT2D eigenvalue weighted by molar-refractivity contribution is 5.95. The second-order valence-electron chi connectivity index (χ2n) is 7.29. The number of benzene rings is 3. The number of rotatable bonds is 7. The monoisotopic (exact) mass is 486 g/mol. The van der Waals surface area contributed by atoms with Crippen LogP contribution < -0.4 is 26.9 Å². The summed E-state index contributed by atoms with van der Waals surface area (Å²) in [7, 11) is 0. The third-order valence-corrected chi connectivity index (χ3v) is 5.09. The number of Topliss-reactive ketones (excluding diaryl/α,β-unsaturated/α-hetero) is 1. The quantitative estimate of drug-likeness (QED) is 0.317. The van der Waals surface area contributed by atoms with E-state index in [9.17, 15) is 9.59 Å². The Morgan fingerprint density at radius 2 is 1.22 bits per heavy atom. The van der Waals surface area contributed by atoms with E-state index >= 15 is 0 Å². The molecule has 1 aromatic heterocycles. The fourth-order valence-electron chi connectivity index (χ4n) is 3.33. The molecular formula is C27H23BrN2O2. The summed E-state index contributed by atoms with van der Waals surface area (Å²) in [6, 6.07) is 30.9. The first-order valence-corrected chi connectivity index (χ1v) is 10.2. The minimum atomic E-state index is -0.140. The van der Waals surface area contributed by atoms with Crippen molar-refractivity contribution in [3.8, 4) is 11.1 Å². The first-order valence-electron chi connectivity index (χ1n) is 10.2. The van der Waals surface area contributed by atoms with Crippen molar-refractivity contribution in [1.82, 2.24) is 5.32 Å². The van der Waals surface area contributed by atoms with Crippen molar-refractivity contribution in [1.29, 1.82) is 0 Å². The fraction of sp³-hybridized carbons (Fsp3) is 0.0741. The van der Waals surface area contributed by atoms with Gasteiger partial charge in [0.2, 0.25) is 12.3 Å². The average molecular weight is 487 g/mol. The van der Waals surface area contributed by atoms with E-state index in [1.54, 1.807) is 29.1 Å². The van der Waals surface area contributed by atoms with Gasteiger partial charge >= 0.3 is 0 Å². The highest BCUT2D eigenvalue weighted by Crippen LogP contribution is 2.19. The molecule has 5 heteroatoms. The van der Waals surface area contributed by atoms with Gasteiger partial charge in [0.25, 0.3) is 5.91 Å². The normalized spacial score (nSPS) is 10.1. The number of carbonyl (C=O) groups is 2. The standard InChI is InChI=1S/C27H22N2O2.BrH/c30-26(24-13-11-23(12-14-24)22-9-5-2-6-10-22)20-29-17-15-25(16-18-29)27(31)28-19-21-7-3-1-4-8-21;/h1-18H,19-20H2;1H. The fourth-order valence-corrected chi connectivity index (χ4v) is 3.33. The maximum absolute atomic E-state index is 12.6. The van der Waals surface area contributed by atoms with Crippen LogP contribution in [0.3, 0.4) is 0 Å². The minimum Gasteiger partial charge on any atom is -1.00 e. The molecular weight excluding hydrogens is 464 g/mol. The molecule has 0 bridgehead atoms. The van der Waals surface area contributed by atoms with Gasteiger partial charge in [0.15, 0.2) is 12.4 Å². The lowest BCUT2D eigenvalue weighted by atomic mass is 10.0. The molecule has 0 fully saturated rings. The number of pyridine rings is 1. The lowest BCUT2D eigenvalue weighted by Crippen LogP contribution is -3.00. The molecule has 0 saturated carbocycles.